The zero-order valence-electron chi connectivity index (χ0n) is 8.96. The van der Waals surface area contributed by atoms with E-state index in [1.165, 1.54) is 12.1 Å². The first-order valence-electron chi connectivity index (χ1n) is 4.92. The molecule has 0 spiro atoms. The molecule has 92 valence electrons. The van der Waals surface area contributed by atoms with Crippen molar-refractivity contribution in [2.45, 2.75) is 19.2 Å². The number of benzene rings is 1. The van der Waals surface area contributed by atoms with Crippen LogP contribution in [0.25, 0.3) is 0 Å². The van der Waals surface area contributed by atoms with Gasteiger partial charge in [0.05, 0.1) is 0 Å². The fraction of sp³-hybridized carbons (Fsp3) is 0.250. The summed E-state index contributed by atoms with van der Waals surface area (Å²) in [5.74, 6) is -0.625. The Morgan fingerprint density at radius 2 is 2.12 bits per heavy atom. The molecule has 0 saturated heterocycles. The minimum absolute atomic E-state index is 0.202. The van der Waals surface area contributed by atoms with Gasteiger partial charge in [-0.05, 0) is 18.6 Å². The second kappa shape index (κ2) is 5.52. The highest BCUT2D eigenvalue weighted by molar-refractivity contribution is 5.96. The quantitative estimate of drug-likeness (QED) is 0.582. The summed E-state index contributed by atoms with van der Waals surface area (Å²) in [5, 5.41) is 0. The molecular weight excluding hydrogens is 233 g/mol. The third kappa shape index (κ3) is 4.72. The Morgan fingerprint density at radius 1 is 1.41 bits per heavy atom. The van der Waals surface area contributed by atoms with E-state index in [1.54, 1.807) is 6.08 Å². The SMILES string of the molecule is C=CCCC(=O)c1cccc(OC(F)(F)F)c1. The van der Waals surface area contributed by atoms with Crippen LogP contribution in [-0.4, -0.2) is 12.1 Å². The van der Waals surface area contributed by atoms with Crippen molar-refractivity contribution in [2.75, 3.05) is 0 Å². The maximum Gasteiger partial charge on any atom is 0.573 e. The van der Waals surface area contributed by atoms with Crippen molar-refractivity contribution in [1.29, 1.82) is 0 Å². The van der Waals surface area contributed by atoms with Crippen molar-refractivity contribution >= 4 is 5.78 Å². The molecule has 1 aromatic carbocycles. The van der Waals surface area contributed by atoms with Gasteiger partial charge < -0.3 is 4.74 Å². The number of alkyl halides is 3. The Kier molecular flexibility index (Phi) is 4.31. The molecule has 0 amide bonds. The Bertz CT molecular complexity index is 410. The average Bonchev–Trinajstić information content (AvgIpc) is 2.24. The molecule has 0 unspecified atom stereocenters. The molecule has 0 fully saturated rings. The molecule has 0 aliphatic carbocycles. The number of allylic oxidation sites excluding steroid dienone is 1. The normalized spacial score (nSPS) is 11.0. The van der Waals surface area contributed by atoms with Gasteiger partial charge in [0.2, 0.25) is 0 Å². The van der Waals surface area contributed by atoms with Crippen LogP contribution in [0.1, 0.15) is 23.2 Å². The van der Waals surface area contributed by atoms with Gasteiger partial charge in [-0.2, -0.15) is 0 Å². The molecule has 2 nitrogen and oxygen atoms in total. The Hall–Kier alpha value is -1.78. The lowest BCUT2D eigenvalue weighted by Crippen LogP contribution is -2.17. The van der Waals surface area contributed by atoms with E-state index in [1.807, 2.05) is 0 Å². The lowest BCUT2D eigenvalue weighted by molar-refractivity contribution is -0.274. The number of ketones is 1. The van der Waals surface area contributed by atoms with E-state index in [0.717, 1.165) is 12.1 Å². The lowest BCUT2D eigenvalue weighted by Gasteiger charge is -2.09. The van der Waals surface area contributed by atoms with Gasteiger partial charge in [-0.1, -0.05) is 18.2 Å². The number of carbonyl (C=O) groups excluding carboxylic acids is 1. The molecule has 0 aromatic heterocycles. The standard InChI is InChI=1S/C12H11F3O2/c1-2-3-7-11(16)9-5-4-6-10(8-9)17-12(13,14)15/h2,4-6,8H,1,3,7H2. The number of ether oxygens (including phenoxy) is 1. The topological polar surface area (TPSA) is 26.3 Å². The van der Waals surface area contributed by atoms with Gasteiger partial charge in [-0.25, -0.2) is 0 Å². The van der Waals surface area contributed by atoms with Crippen LogP contribution >= 0.6 is 0 Å². The van der Waals surface area contributed by atoms with Gasteiger partial charge in [0, 0.05) is 12.0 Å². The predicted molar refractivity (Wildman–Crippen MR) is 56.9 cm³/mol. The number of halogens is 3. The molecule has 0 saturated carbocycles. The van der Waals surface area contributed by atoms with Gasteiger partial charge in [0.25, 0.3) is 0 Å². The molecule has 0 aliphatic heterocycles. The molecule has 1 aromatic rings. The molecular formula is C12H11F3O2. The summed E-state index contributed by atoms with van der Waals surface area (Å²) >= 11 is 0. The summed E-state index contributed by atoms with van der Waals surface area (Å²) in [6, 6.07) is 5.04. The summed E-state index contributed by atoms with van der Waals surface area (Å²) in [7, 11) is 0. The Morgan fingerprint density at radius 3 is 2.71 bits per heavy atom. The van der Waals surface area contributed by atoms with Crippen molar-refractivity contribution in [2.24, 2.45) is 0 Å². The predicted octanol–water partition coefficient (Wildman–Crippen LogP) is 3.73. The summed E-state index contributed by atoms with van der Waals surface area (Å²) in [4.78, 5) is 11.5. The van der Waals surface area contributed by atoms with Crippen LogP contribution in [0.5, 0.6) is 5.75 Å². The van der Waals surface area contributed by atoms with E-state index in [4.69, 9.17) is 0 Å². The first-order valence-corrected chi connectivity index (χ1v) is 4.92. The summed E-state index contributed by atoms with van der Waals surface area (Å²) < 4.78 is 39.6. The minimum atomic E-state index is -4.75. The van der Waals surface area contributed by atoms with Crippen LogP contribution < -0.4 is 4.74 Å². The van der Waals surface area contributed by atoms with Crippen molar-refractivity contribution in [3.05, 3.63) is 42.5 Å². The van der Waals surface area contributed by atoms with Crippen molar-refractivity contribution < 1.29 is 22.7 Å². The molecule has 0 radical (unpaired) electrons. The molecule has 5 heteroatoms. The maximum absolute atomic E-state index is 12.0. The van der Waals surface area contributed by atoms with Gasteiger partial charge >= 0.3 is 6.36 Å². The van der Waals surface area contributed by atoms with E-state index < -0.39 is 6.36 Å². The smallest absolute Gasteiger partial charge is 0.406 e. The van der Waals surface area contributed by atoms with Crippen LogP contribution in [0.2, 0.25) is 0 Å². The first-order chi connectivity index (χ1) is 7.92. The van der Waals surface area contributed by atoms with E-state index in [9.17, 15) is 18.0 Å². The summed E-state index contributed by atoms with van der Waals surface area (Å²) in [6.07, 6.45) is -2.46. The zero-order valence-corrected chi connectivity index (χ0v) is 8.96. The first kappa shape index (κ1) is 13.3. The highest BCUT2D eigenvalue weighted by Crippen LogP contribution is 2.23. The lowest BCUT2D eigenvalue weighted by atomic mass is 10.1. The number of hydrogen-bond donors (Lipinski definition) is 0. The third-order valence-corrected chi connectivity index (χ3v) is 1.97. The second-order valence-electron chi connectivity index (χ2n) is 3.33. The number of rotatable bonds is 5. The largest absolute Gasteiger partial charge is 0.573 e. The van der Waals surface area contributed by atoms with Crippen LogP contribution in [0.4, 0.5) is 13.2 Å². The van der Waals surface area contributed by atoms with Crippen LogP contribution in [-0.2, 0) is 0 Å². The van der Waals surface area contributed by atoms with E-state index in [2.05, 4.69) is 11.3 Å². The minimum Gasteiger partial charge on any atom is -0.406 e. The number of hydrogen-bond acceptors (Lipinski definition) is 2. The van der Waals surface area contributed by atoms with Crippen molar-refractivity contribution in [3.63, 3.8) is 0 Å². The Balaban J connectivity index is 2.78. The summed E-state index contributed by atoms with van der Waals surface area (Å²) in [5.41, 5.74) is 0.202. The van der Waals surface area contributed by atoms with E-state index in [-0.39, 0.29) is 23.5 Å². The molecule has 1 rings (SSSR count). The molecule has 0 heterocycles. The zero-order chi connectivity index (χ0) is 12.9. The summed E-state index contributed by atoms with van der Waals surface area (Å²) in [6.45, 7) is 3.47. The fourth-order valence-electron chi connectivity index (χ4n) is 1.24. The van der Waals surface area contributed by atoms with Crippen molar-refractivity contribution in [1.82, 2.24) is 0 Å². The highest BCUT2D eigenvalue weighted by Gasteiger charge is 2.31. The van der Waals surface area contributed by atoms with Crippen LogP contribution in [0.15, 0.2) is 36.9 Å². The van der Waals surface area contributed by atoms with Gasteiger partial charge in [0.1, 0.15) is 5.75 Å². The maximum atomic E-state index is 12.0. The van der Waals surface area contributed by atoms with Gasteiger partial charge in [-0.15, -0.1) is 19.8 Å². The molecule has 0 N–H and O–H groups in total. The van der Waals surface area contributed by atoms with Gasteiger partial charge in [-0.3, -0.25) is 4.79 Å². The molecule has 0 bridgehead atoms. The monoisotopic (exact) mass is 244 g/mol. The Labute approximate surface area is 96.7 Å². The second-order valence-corrected chi connectivity index (χ2v) is 3.33. The number of carbonyl (C=O) groups is 1. The van der Waals surface area contributed by atoms with Crippen LogP contribution in [0.3, 0.4) is 0 Å². The fourth-order valence-corrected chi connectivity index (χ4v) is 1.24. The van der Waals surface area contributed by atoms with Crippen LogP contribution in [0, 0.1) is 0 Å². The van der Waals surface area contributed by atoms with Crippen molar-refractivity contribution in [3.8, 4) is 5.75 Å². The highest BCUT2D eigenvalue weighted by atomic mass is 19.4. The molecule has 0 atom stereocenters. The van der Waals surface area contributed by atoms with E-state index in [0.29, 0.717) is 6.42 Å². The molecule has 0 aliphatic rings. The van der Waals surface area contributed by atoms with Gasteiger partial charge in [0.15, 0.2) is 5.78 Å². The average molecular weight is 244 g/mol. The third-order valence-electron chi connectivity index (χ3n) is 1.97. The van der Waals surface area contributed by atoms with E-state index >= 15 is 0 Å². The number of Topliss-reactive ketones (excluding diaryl/α,β-unsaturated/α-hetero) is 1. The molecule has 17 heavy (non-hydrogen) atoms.